The van der Waals surface area contributed by atoms with Gasteiger partial charge >= 0.3 is 5.97 Å². The number of rotatable bonds is 2. The van der Waals surface area contributed by atoms with E-state index in [0.29, 0.717) is 11.1 Å². The molecule has 0 aliphatic rings. The second-order valence-electron chi connectivity index (χ2n) is 3.40. The Morgan fingerprint density at radius 3 is 2.25 bits per heavy atom. The lowest BCUT2D eigenvalue weighted by Crippen LogP contribution is -1.95. The summed E-state index contributed by atoms with van der Waals surface area (Å²) in [6.07, 6.45) is 0. The highest BCUT2D eigenvalue weighted by Crippen LogP contribution is 2.21. The molecule has 0 unspecified atom stereocenters. The average molecular weight is 216 g/mol. The number of hydrogen-bond donors (Lipinski definition) is 1. The fourth-order valence-corrected chi connectivity index (χ4v) is 1.50. The maximum atomic E-state index is 13.0. The monoisotopic (exact) mass is 216 g/mol. The standard InChI is InChI=1S/C13H9FO2/c14-12-6-2-4-10(8-12)9-3-1-5-11(7-9)13(15)16/h1-8H,(H,15,16). The SMILES string of the molecule is O=C(O)c1cccc(-c2cccc(F)c2)c1. The Bertz CT molecular complexity index is 535. The predicted octanol–water partition coefficient (Wildman–Crippen LogP) is 3.19. The molecule has 0 amide bonds. The van der Waals surface area contributed by atoms with E-state index in [4.69, 9.17) is 5.11 Å². The summed E-state index contributed by atoms with van der Waals surface area (Å²) in [5.74, 6) is -1.32. The average Bonchev–Trinajstić information content (AvgIpc) is 2.29. The van der Waals surface area contributed by atoms with Gasteiger partial charge in [-0.05, 0) is 35.4 Å². The van der Waals surface area contributed by atoms with Gasteiger partial charge in [0.25, 0.3) is 0 Å². The third-order valence-electron chi connectivity index (χ3n) is 2.27. The Morgan fingerprint density at radius 2 is 1.62 bits per heavy atom. The van der Waals surface area contributed by atoms with Crippen molar-refractivity contribution in [3.8, 4) is 11.1 Å². The summed E-state index contributed by atoms with van der Waals surface area (Å²) >= 11 is 0. The largest absolute Gasteiger partial charge is 0.478 e. The Hall–Kier alpha value is -2.16. The number of carboxylic acids is 1. The van der Waals surface area contributed by atoms with E-state index < -0.39 is 5.97 Å². The molecule has 0 fully saturated rings. The minimum atomic E-state index is -0.988. The van der Waals surface area contributed by atoms with E-state index in [0.717, 1.165) is 0 Å². The molecule has 0 heterocycles. The Kier molecular flexibility index (Phi) is 2.68. The number of hydrogen-bond acceptors (Lipinski definition) is 1. The van der Waals surface area contributed by atoms with Crippen LogP contribution in [-0.4, -0.2) is 11.1 Å². The van der Waals surface area contributed by atoms with E-state index in [1.165, 1.54) is 24.3 Å². The van der Waals surface area contributed by atoms with Gasteiger partial charge < -0.3 is 5.11 Å². The van der Waals surface area contributed by atoms with Crippen LogP contribution in [0.4, 0.5) is 4.39 Å². The van der Waals surface area contributed by atoms with Crippen LogP contribution in [0.5, 0.6) is 0 Å². The molecule has 3 heteroatoms. The van der Waals surface area contributed by atoms with Crippen LogP contribution in [0.1, 0.15) is 10.4 Å². The summed E-state index contributed by atoms with van der Waals surface area (Å²) in [7, 11) is 0. The number of carboxylic acid groups (broad SMARTS) is 1. The zero-order valence-electron chi connectivity index (χ0n) is 8.35. The van der Waals surface area contributed by atoms with Gasteiger partial charge in [-0.3, -0.25) is 0 Å². The van der Waals surface area contributed by atoms with Crippen molar-refractivity contribution in [1.29, 1.82) is 0 Å². The van der Waals surface area contributed by atoms with Crippen LogP contribution in [-0.2, 0) is 0 Å². The van der Waals surface area contributed by atoms with Gasteiger partial charge in [-0.25, -0.2) is 9.18 Å². The molecule has 1 N–H and O–H groups in total. The fourth-order valence-electron chi connectivity index (χ4n) is 1.50. The lowest BCUT2D eigenvalue weighted by atomic mass is 10.0. The van der Waals surface area contributed by atoms with Gasteiger partial charge in [-0.2, -0.15) is 0 Å². The van der Waals surface area contributed by atoms with Crippen molar-refractivity contribution in [2.45, 2.75) is 0 Å². The fraction of sp³-hybridized carbons (Fsp3) is 0. The second kappa shape index (κ2) is 4.14. The Labute approximate surface area is 92.0 Å². The molecule has 2 rings (SSSR count). The van der Waals surface area contributed by atoms with E-state index in [1.807, 2.05) is 0 Å². The first-order valence-electron chi connectivity index (χ1n) is 4.76. The van der Waals surface area contributed by atoms with Crippen LogP contribution >= 0.6 is 0 Å². The number of carbonyl (C=O) groups is 1. The molecule has 0 aliphatic heterocycles. The summed E-state index contributed by atoms with van der Waals surface area (Å²) in [6.45, 7) is 0. The van der Waals surface area contributed by atoms with Gasteiger partial charge in [0.1, 0.15) is 5.82 Å². The van der Waals surface area contributed by atoms with Crippen molar-refractivity contribution in [3.05, 3.63) is 59.9 Å². The normalized spacial score (nSPS) is 10.1. The van der Waals surface area contributed by atoms with Gasteiger partial charge in [0.05, 0.1) is 5.56 Å². The van der Waals surface area contributed by atoms with Crippen LogP contribution in [0, 0.1) is 5.82 Å². The van der Waals surface area contributed by atoms with Crippen LogP contribution < -0.4 is 0 Å². The molecule has 16 heavy (non-hydrogen) atoms. The van der Waals surface area contributed by atoms with Gasteiger partial charge in [-0.15, -0.1) is 0 Å². The van der Waals surface area contributed by atoms with Crippen LogP contribution in [0.3, 0.4) is 0 Å². The van der Waals surface area contributed by atoms with Crippen molar-refractivity contribution in [2.24, 2.45) is 0 Å². The molecule has 0 radical (unpaired) electrons. The third-order valence-corrected chi connectivity index (χ3v) is 2.27. The highest BCUT2D eigenvalue weighted by Gasteiger charge is 2.04. The molecule has 0 bridgehead atoms. The second-order valence-corrected chi connectivity index (χ2v) is 3.40. The summed E-state index contributed by atoms with van der Waals surface area (Å²) in [5.41, 5.74) is 1.56. The van der Waals surface area contributed by atoms with Crippen molar-refractivity contribution in [3.63, 3.8) is 0 Å². The van der Waals surface area contributed by atoms with Gasteiger partial charge in [0.15, 0.2) is 0 Å². The minimum absolute atomic E-state index is 0.196. The van der Waals surface area contributed by atoms with Gasteiger partial charge in [-0.1, -0.05) is 24.3 Å². The summed E-state index contributed by atoms with van der Waals surface area (Å²) in [6, 6.07) is 12.5. The smallest absolute Gasteiger partial charge is 0.335 e. The zero-order valence-corrected chi connectivity index (χ0v) is 8.35. The lowest BCUT2D eigenvalue weighted by Gasteiger charge is -2.02. The number of aromatic carboxylic acids is 1. The quantitative estimate of drug-likeness (QED) is 0.837. The van der Waals surface area contributed by atoms with Gasteiger partial charge in [0.2, 0.25) is 0 Å². The van der Waals surface area contributed by atoms with Crippen molar-refractivity contribution in [1.82, 2.24) is 0 Å². The molecular weight excluding hydrogens is 207 g/mol. The summed E-state index contributed by atoms with van der Waals surface area (Å²) in [5, 5.41) is 8.84. The van der Waals surface area contributed by atoms with E-state index >= 15 is 0 Å². The van der Waals surface area contributed by atoms with Crippen LogP contribution in [0.2, 0.25) is 0 Å². The van der Waals surface area contributed by atoms with E-state index in [-0.39, 0.29) is 11.4 Å². The molecule has 2 aromatic carbocycles. The Balaban J connectivity index is 2.48. The molecule has 0 saturated carbocycles. The number of halogens is 1. The zero-order chi connectivity index (χ0) is 11.5. The van der Waals surface area contributed by atoms with Gasteiger partial charge in [0, 0.05) is 0 Å². The molecular formula is C13H9FO2. The van der Waals surface area contributed by atoms with E-state index in [1.54, 1.807) is 24.3 Å². The van der Waals surface area contributed by atoms with E-state index in [9.17, 15) is 9.18 Å². The first-order valence-corrected chi connectivity index (χ1v) is 4.76. The Morgan fingerprint density at radius 1 is 1.00 bits per heavy atom. The maximum absolute atomic E-state index is 13.0. The topological polar surface area (TPSA) is 37.3 Å². The number of benzene rings is 2. The van der Waals surface area contributed by atoms with Crippen molar-refractivity contribution >= 4 is 5.97 Å². The molecule has 2 aromatic rings. The highest BCUT2D eigenvalue weighted by molar-refractivity contribution is 5.89. The third kappa shape index (κ3) is 2.08. The first kappa shape index (κ1) is 10.4. The van der Waals surface area contributed by atoms with Crippen LogP contribution in [0.15, 0.2) is 48.5 Å². The maximum Gasteiger partial charge on any atom is 0.335 e. The molecule has 0 aliphatic carbocycles. The van der Waals surface area contributed by atoms with Crippen molar-refractivity contribution < 1.29 is 14.3 Å². The molecule has 2 nitrogen and oxygen atoms in total. The lowest BCUT2D eigenvalue weighted by molar-refractivity contribution is 0.0697. The molecule has 0 spiro atoms. The first-order chi connectivity index (χ1) is 7.66. The summed E-state index contributed by atoms with van der Waals surface area (Å²) < 4.78 is 13.0. The molecule has 0 atom stereocenters. The molecule has 0 saturated heterocycles. The highest BCUT2D eigenvalue weighted by atomic mass is 19.1. The minimum Gasteiger partial charge on any atom is -0.478 e. The van der Waals surface area contributed by atoms with Crippen LogP contribution in [0.25, 0.3) is 11.1 Å². The van der Waals surface area contributed by atoms with Crippen molar-refractivity contribution in [2.75, 3.05) is 0 Å². The predicted molar refractivity (Wildman–Crippen MR) is 58.8 cm³/mol. The van der Waals surface area contributed by atoms with E-state index in [2.05, 4.69) is 0 Å². The summed E-state index contributed by atoms with van der Waals surface area (Å²) in [4.78, 5) is 10.8. The molecule has 80 valence electrons. The molecule has 0 aromatic heterocycles.